The van der Waals surface area contributed by atoms with Crippen LogP contribution in [0.2, 0.25) is 5.02 Å². The lowest BCUT2D eigenvalue weighted by atomic mass is 10.2. The summed E-state index contributed by atoms with van der Waals surface area (Å²) < 4.78 is 1.93. The summed E-state index contributed by atoms with van der Waals surface area (Å²) in [5, 5.41) is 3.28. The van der Waals surface area contributed by atoms with Crippen LogP contribution < -0.4 is 5.32 Å². The Balaban J connectivity index is 1.90. The van der Waals surface area contributed by atoms with Crippen molar-refractivity contribution in [1.82, 2.24) is 14.4 Å². The van der Waals surface area contributed by atoms with Crippen LogP contribution in [-0.4, -0.2) is 20.3 Å². The van der Waals surface area contributed by atoms with E-state index in [0.717, 1.165) is 23.5 Å². The SMILES string of the molecule is CCc1nc2ccc(C(=O)Nc3ccc(Cl)cn3)cn2c1C. The molecule has 0 unspecified atom stereocenters. The number of carbonyl (C=O) groups is 1. The summed E-state index contributed by atoms with van der Waals surface area (Å²) in [6, 6.07) is 6.94. The van der Waals surface area contributed by atoms with Crippen LogP contribution in [0.15, 0.2) is 36.7 Å². The molecule has 0 spiro atoms. The molecule has 0 aliphatic heterocycles. The van der Waals surface area contributed by atoms with Crippen LogP contribution >= 0.6 is 11.6 Å². The van der Waals surface area contributed by atoms with Gasteiger partial charge in [0.05, 0.1) is 16.3 Å². The van der Waals surface area contributed by atoms with Crippen LogP contribution in [0.4, 0.5) is 5.82 Å². The minimum absolute atomic E-state index is 0.220. The predicted molar refractivity (Wildman–Crippen MR) is 86.5 cm³/mol. The molecule has 0 atom stereocenters. The maximum absolute atomic E-state index is 12.3. The highest BCUT2D eigenvalue weighted by atomic mass is 35.5. The normalized spacial score (nSPS) is 10.9. The van der Waals surface area contributed by atoms with E-state index in [1.54, 1.807) is 24.4 Å². The number of aryl methyl sites for hydroxylation is 2. The zero-order valence-electron chi connectivity index (χ0n) is 12.3. The van der Waals surface area contributed by atoms with Gasteiger partial charge in [-0.05, 0) is 37.6 Å². The number of hydrogen-bond donors (Lipinski definition) is 1. The number of imidazole rings is 1. The van der Waals surface area contributed by atoms with Gasteiger partial charge in [-0.15, -0.1) is 0 Å². The smallest absolute Gasteiger partial charge is 0.258 e. The van der Waals surface area contributed by atoms with Gasteiger partial charge < -0.3 is 9.72 Å². The second-order valence-electron chi connectivity index (χ2n) is 4.96. The Kier molecular flexibility index (Phi) is 3.81. The van der Waals surface area contributed by atoms with Gasteiger partial charge in [0.15, 0.2) is 0 Å². The maximum atomic E-state index is 12.3. The third-order valence-electron chi connectivity index (χ3n) is 3.52. The highest BCUT2D eigenvalue weighted by Crippen LogP contribution is 2.15. The molecule has 1 amide bonds. The van der Waals surface area contributed by atoms with Gasteiger partial charge >= 0.3 is 0 Å². The molecule has 0 aromatic carbocycles. The van der Waals surface area contributed by atoms with E-state index in [1.807, 2.05) is 17.4 Å². The number of halogens is 1. The van der Waals surface area contributed by atoms with Crippen LogP contribution in [-0.2, 0) is 6.42 Å². The topological polar surface area (TPSA) is 59.3 Å². The van der Waals surface area contributed by atoms with Crippen molar-refractivity contribution in [1.29, 1.82) is 0 Å². The van der Waals surface area contributed by atoms with Crippen molar-refractivity contribution < 1.29 is 4.79 Å². The van der Waals surface area contributed by atoms with Gasteiger partial charge in [0.25, 0.3) is 5.91 Å². The molecule has 1 N–H and O–H groups in total. The molecule has 0 aliphatic carbocycles. The number of nitrogens with one attached hydrogen (secondary N) is 1. The fourth-order valence-electron chi connectivity index (χ4n) is 2.32. The first kappa shape index (κ1) is 14.5. The lowest BCUT2D eigenvalue weighted by Crippen LogP contribution is -2.13. The van der Waals surface area contributed by atoms with Crippen molar-refractivity contribution in [3.8, 4) is 0 Å². The molecule has 0 saturated heterocycles. The van der Waals surface area contributed by atoms with Crippen LogP contribution in [0, 0.1) is 6.92 Å². The highest BCUT2D eigenvalue weighted by molar-refractivity contribution is 6.30. The quantitative estimate of drug-likeness (QED) is 0.805. The molecule has 3 aromatic rings. The average Bonchev–Trinajstić information content (AvgIpc) is 2.85. The number of carbonyl (C=O) groups excluding carboxylic acids is 1. The van der Waals surface area contributed by atoms with Crippen LogP contribution in [0.5, 0.6) is 0 Å². The molecule has 0 bridgehead atoms. The van der Waals surface area contributed by atoms with Gasteiger partial charge in [-0.1, -0.05) is 18.5 Å². The van der Waals surface area contributed by atoms with Gasteiger partial charge in [0.1, 0.15) is 11.5 Å². The zero-order valence-corrected chi connectivity index (χ0v) is 13.1. The molecule has 3 heterocycles. The Labute approximate surface area is 133 Å². The van der Waals surface area contributed by atoms with Gasteiger partial charge in [0.2, 0.25) is 0 Å². The Morgan fingerprint density at radius 3 is 2.82 bits per heavy atom. The van der Waals surface area contributed by atoms with E-state index in [-0.39, 0.29) is 5.91 Å². The Morgan fingerprint density at radius 1 is 1.32 bits per heavy atom. The molecule has 3 aromatic heterocycles. The number of hydrogen-bond acceptors (Lipinski definition) is 3. The van der Waals surface area contributed by atoms with Crippen molar-refractivity contribution in [2.24, 2.45) is 0 Å². The van der Waals surface area contributed by atoms with Gasteiger partial charge in [-0.3, -0.25) is 4.79 Å². The minimum atomic E-state index is -0.220. The average molecular weight is 315 g/mol. The summed E-state index contributed by atoms with van der Waals surface area (Å²) in [6.45, 7) is 4.07. The molecule has 5 nitrogen and oxygen atoms in total. The fraction of sp³-hybridized carbons (Fsp3) is 0.188. The monoisotopic (exact) mass is 314 g/mol. The largest absolute Gasteiger partial charge is 0.307 e. The van der Waals surface area contributed by atoms with Crippen LogP contribution in [0.3, 0.4) is 0 Å². The first-order valence-electron chi connectivity index (χ1n) is 6.99. The number of fused-ring (bicyclic) bond motifs is 1. The highest BCUT2D eigenvalue weighted by Gasteiger charge is 2.11. The molecule has 3 rings (SSSR count). The molecule has 6 heteroatoms. The number of rotatable bonds is 3. The fourth-order valence-corrected chi connectivity index (χ4v) is 2.43. The Morgan fingerprint density at radius 2 is 2.14 bits per heavy atom. The molecule has 0 aliphatic rings. The summed E-state index contributed by atoms with van der Waals surface area (Å²) in [4.78, 5) is 20.9. The lowest BCUT2D eigenvalue weighted by Gasteiger charge is -2.05. The second kappa shape index (κ2) is 5.77. The summed E-state index contributed by atoms with van der Waals surface area (Å²) in [7, 11) is 0. The lowest BCUT2D eigenvalue weighted by molar-refractivity contribution is 0.102. The van der Waals surface area contributed by atoms with Crippen LogP contribution in [0.25, 0.3) is 5.65 Å². The summed E-state index contributed by atoms with van der Waals surface area (Å²) in [6.07, 6.45) is 4.15. The number of anilines is 1. The third kappa shape index (κ3) is 2.67. The summed E-state index contributed by atoms with van der Waals surface area (Å²) >= 11 is 5.78. The predicted octanol–water partition coefficient (Wildman–Crippen LogP) is 3.51. The molecule has 0 saturated carbocycles. The van der Waals surface area contributed by atoms with Crippen molar-refractivity contribution in [3.63, 3.8) is 0 Å². The van der Waals surface area contributed by atoms with E-state index in [4.69, 9.17) is 11.6 Å². The van der Waals surface area contributed by atoms with E-state index in [9.17, 15) is 4.79 Å². The second-order valence-corrected chi connectivity index (χ2v) is 5.40. The Hall–Kier alpha value is -2.40. The summed E-state index contributed by atoms with van der Waals surface area (Å²) in [5.41, 5.74) is 3.48. The molecular formula is C16H15ClN4O. The molecule has 112 valence electrons. The first-order chi connectivity index (χ1) is 10.6. The maximum Gasteiger partial charge on any atom is 0.258 e. The van der Waals surface area contributed by atoms with Crippen molar-refractivity contribution in [3.05, 3.63) is 58.6 Å². The number of nitrogens with zero attached hydrogens (tertiary/aromatic N) is 3. The first-order valence-corrected chi connectivity index (χ1v) is 7.36. The van der Waals surface area contributed by atoms with E-state index in [2.05, 4.69) is 22.2 Å². The van der Waals surface area contributed by atoms with Gasteiger partial charge in [-0.2, -0.15) is 0 Å². The zero-order chi connectivity index (χ0) is 15.7. The number of amides is 1. The van der Waals surface area contributed by atoms with E-state index >= 15 is 0 Å². The van der Waals surface area contributed by atoms with Gasteiger partial charge in [0, 0.05) is 18.1 Å². The standard InChI is InChI=1S/C16H15ClN4O/c1-3-13-10(2)21-9-11(4-7-15(21)19-13)16(22)20-14-6-5-12(17)8-18-14/h4-9H,3H2,1-2H3,(H,18,20,22). The van der Waals surface area contributed by atoms with E-state index < -0.39 is 0 Å². The molecular weight excluding hydrogens is 300 g/mol. The van der Waals surface area contributed by atoms with Crippen molar-refractivity contribution in [2.45, 2.75) is 20.3 Å². The number of pyridine rings is 2. The van der Waals surface area contributed by atoms with Crippen LogP contribution in [0.1, 0.15) is 28.7 Å². The van der Waals surface area contributed by atoms with E-state index in [0.29, 0.717) is 16.4 Å². The van der Waals surface area contributed by atoms with Gasteiger partial charge in [-0.25, -0.2) is 9.97 Å². The Bertz CT molecular complexity index is 839. The third-order valence-corrected chi connectivity index (χ3v) is 3.75. The van der Waals surface area contributed by atoms with Crippen molar-refractivity contribution >= 4 is 29.0 Å². The van der Waals surface area contributed by atoms with Crippen molar-refractivity contribution in [2.75, 3.05) is 5.32 Å². The minimum Gasteiger partial charge on any atom is -0.307 e. The van der Waals surface area contributed by atoms with E-state index in [1.165, 1.54) is 6.20 Å². The number of aromatic nitrogens is 3. The molecule has 22 heavy (non-hydrogen) atoms. The summed E-state index contributed by atoms with van der Waals surface area (Å²) in [5.74, 6) is 0.244. The molecule has 0 fully saturated rings. The molecule has 0 radical (unpaired) electrons.